The summed E-state index contributed by atoms with van der Waals surface area (Å²) in [5, 5.41) is 25.3. The van der Waals surface area contributed by atoms with Gasteiger partial charge in [-0.3, -0.25) is 29.3 Å². The number of ketones is 4. The summed E-state index contributed by atoms with van der Waals surface area (Å²) < 4.78 is 1.95. The highest BCUT2D eigenvalue weighted by Gasteiger charge is 2.36. The Kier molecular flexibility index (Phi) is 14.9. The van der Waals surface area contributed by atoms with Gasteiger partial charge < -0.3 is 15.0 Å². The fourth-order valence-electron chi connectivity index (χ4n) is 6.00. The fourth-order valence-corrected chi connectivity index (χ4v) is 6.68. The Labute approximate surface area is 328 Å². The zero-order valence-corrected chi connectivity index (χ0v) is 28.3. The number of nitrogens with one attached hydrogen (secondary N) is 1. The summed E-state index contributed by atoms with van der Waals surface area (Å²) in [5.41, 5.74) is 3.26. The molecule has 0 atom stereocenters. The minimum Gasteiger partial charge on any atom is -0.506 e. The first kappa shape index (κ1) is 44.6. The van der Waals surface area contributed by atoms with E-state index in [4.69, 9.17) is 34.8 Å². The molecule has 282 valence electrons. The van der Waals surface area contributed by atoms with Gasteiger partial charge in [-0.1, -0.05) is 101 Å². The van der Waals surface area contributed by atoms with Crippen molar-refractivity contribution in [2.24, 2.45) is 7.05 Å². The number of hydrogen-bond acceptors (Lipinski definition) is 8. The molecule has 13 heteroatoms. The number of Topliss-reactive ketones (excluding diaryl/α,β-unsaturated/α-hetero) is 4. The molecule has 7 rings (SSSR count). The molecule has 2 aliphatic rings. The Morgan fingerprint density at radius 2 is 1.28 bits per heavy atom. The molecular formula is C41H40Cl3N3O7. The lowest BCUT2D eigenvalue weighted by Crippen LogP contribution is -2.08. The normalized spacial score (nSPS) is 13.4. The molecule has 0 saturated heterocycles. The molecule has 0 saturated carbocycles. The van der Waals surface area contributed by atoms with E-state index in [0.717, 1.165) is 16.5 Å². The van der Waals surface area contributed by atoms with Crippen molar-refractivity contribution in [1.82, 2.24) is 4.57 Å². The number of phenolic OH excluding ortho intramolecular Hbond substituents is 1. The second-order valence-corrected chi connectivity index (χ2v) is 12.7. The van der Waals surface area contributed by atoms with Crippen molar-refractivity contribution < 1.29 is 29.2 Å². The van der Waals surface area contributed by atoms with E-state index in [9.17, 15) is 34.4 Å². The molecule has 54 heavy (non-hydrogen) atoms. The number of aryl methyl sites for hydroxylation is 1. The summed E-state index contributed by atoms with van der Waals surface area (Å²) in [6.07, 6.45) is 1.39. The molecule has 1 heterocycles. The van der Waals surface area contributed by atoms with E-state index in [2.05, 4.69) is 5.32 Å². The Bertz CT molecular complexity index is 2380. The number of benzene rings is 4. The van der Waals surface area contributed by atoms with Gasteiger partial charge in [-0.05, 0) is 42.5 Å². The molecule has 0 fully saturated rings. The van der Waals surface area contributed by atoms with Gasteiger partial charge in [0.2, 0.25) is 0 Å². The number of hydrogen-bond donors (Lipinski definition) is 2. The number of carbonyl (C=O) groups excluding carboxylic acids is 4. The molecule has 0 aliphatic heterocycles. The molecule has 0 unspecified atom stereocenters. The van der Waals surface area contributed by atoms with Crippen LogP contribution < -0.4 is 5.32 Å². The van der Waals surface area contributed by atoms with Gasteiger partial charge in [0, 0.05) is 63.2 Å². The maximum atomic E-state index is 12.6. The molecule has 0 amide bonds. The van der Waals surface area contributed by atoms with Crippen LogP contribution in [0.1, 0.15) is 59.2 Å². The molecule has 0 radical (unpaired) electrons. The highest BCUT2D eigenvalue weighted by atomic mass is 35.5. The van der Waals surface area contributed by atoms with Crippen molar-refractivity contribution in [2.45, 2.75) is 42.5 Å². The van der Waals surface area contributed by atoms with Crippen LogP contribution in [0.25, 0.3) is 27.6 Å². The topological polar surface area (TPSA) is 149 Å². The van der Waals surface area contributed by atoms with E-state index in [-0.39, 0.29) is 87.4 Å². The Hall–Kier alpha value is -5.55. The number of para-hydroxylation sites is 2. The molecule has 4 aromatic carbocycles. The fraction of sp³-hybridized carbons (Fsp3) is 0.171. The van der Waals surface area contributed by atoms with E-state index < -0.39 is 16.5 Å². The van der Waals surface area contributed by atoms with Crippen LogP contribution in [0, 0.1) is 10.1 Å². The lowest BCUT2D eigenvalue weighted by molar-refractivity contribution is -0.385. The second kappa shape index (κ2) is 18.0. The van der Waals surface area contributed by atoms with E-state index in [1.807, 2.05) is 42.1 Å². The van der Waals surface area contributed by atoms with Crippen LogP contribution in [0.5, 0.6) is 5.75 Å². The van der Waals surface area contributed by atoms with Crippen molar-refractivity contribution in [2.75, 3.05) is 5.32 Å². The summed E-state index contributed by atoms with van der Waals surface area (Å²) in [6.45, 7) is 0. The average molecular weight is 793 g/mol. The van der Waals surface area contributed by atoms with Crippen molar-refractivity contribution in [3.8, 4) is 5.75 Å². The smallest absolute Gasteiger partial charge is 0.277 e. The summed E-state index contributed by atoms with van der Waals surface area (Å²) >= 11 is 18.1. The highest BCUT2D eigenvalue weighted by Crippen LogP contribution is 2.41. The van der Waals surface area contributed by atoms with Crippen LogP contribution in [-0.2, 0) is 26.2 Å². The summed E-state index contributed by atoms with van der Waals surface area (Å²) in [7, 11) is 1.92. The first-order valence-electron chi connectivity index (χ1n) is 15.0. The molecule has 10 nitrogen and oxygen atoms in total. The number of anilines is 1. The Morgan fingerprint density at radius 1 is 0.685 bits per heavy atom. The third-order valence-corrected chi connectivity index (χ3v) is 9.06. The maximum Gasteiger partial charge on any atom is 0.277 e. The van der Waals surface area contributed by atoms with Gasteiger partial charge in [0.15, 0.2) is 23.1 Å². The van der Waals surface area contributed by atoms with Gasteiger partial charge in [0.25, 0.3) is 5.69 Å². The lowest BCUT2D eigenvalue weighted by atomic mass is 9.96. The van der Waals surface area contributed by atoms with Gasteiger partial charge in [0.05, 0.1) is 44.6 Å². The Morgan fingerprint density at radius 3 is 1.93 bits per heavy atom. The van der Waals surface area contributed by atoms with Crippen LogP contribution in [0.3, 0.4) is 0 Å². The quantitative estimate of drug-likeness (QED) is 0.0747. The van der Waals surface area contributed by atoms with Gasteiger partial charge in [-0.2, -0.15) is 0 Å². The van der Waals surface area contributed by atoms with E-state index in [0.29, 0.717) is 32.4 Å². The SMILES string of the molecule is C.C.C.C.Cn1cc(C2=C(c3ccc(Cl)cc3Cl)C(=O)CC2=O)c2ccccc21.O=C1CC(=O)C(c2ccccc2[N+](=O)[O-])=C1Nc1ccc(O)c(Cl)c1. The predicted molar refractivity (Wildman–Crippen MR) is 219 cm³/mol. The molecule has 5 aromatic rings. The van der Waals surface area contributed by atoms with Crippen molar-refractivity contribution in [3.63, 3.8) is 0 Å². The van der Waals surface area contributed by atoms with E-state index in [1.165, 1.54) is 36.4 Å². The number of aromatic nitrogens is 1. The van der Waals surface area contributed by atoms with Crippen molar-refractivity contribution in [1.29, 1.82) is 0 Å². The number of nitro benzene ring substituents is 1. The van der Waals surface area contributed by atoms with Gasteiger partial charge >= 0.3 is 0 Å². The second-order valence-electron chi connectivity index (χ2n) is 11.4. The third kappa shape index (κ3) is 8.47. The third-order valence-electron chi connectivity index (χ3n) is 8.21. The summed E-state index contributed by atoms with van der Waals surface area (Å²) in [6, 6.07) is 22.7. The minimum atomic E-state index is -0.604. The summed E-state index contributed by atoms with van der Waals surface area (Å²) in [4.78, 5) is 60.3. The van der Waals surface area contributed by atoms with Crippen molar-refractivity contribution >= 4 is 96.9 Å². The molecule has 1 aromatic heterocycles. The number of allylic oxidation sites excluding steroid dienone is 4. The average Bonchev–Trinajstić information content (AvgIpc) is 3.67. The Balaban J connectivity index is 0.000000348. The molecular weight excluding hydrogens is 753 g/mol. The lowest BCUT2D eigenvalue weighted by Gasteiger charge is -2.10. The number of aromatic hydroxyl groups is 1. The number of fused-ring (bicyclic) bond motifs is 1. The van der Waals surface area contributed by atoms with Crippen LogP contribution in [0.15, 0.2) is 96.8 Å². The standard InChI is InChI=1S/C20H13Cl2NO2.C17H11ClN2O5.4CH4/c1-23-10-14(12-4-2-3-5-16(12)23)20-18(25)9-17(24)19(20)13-7-6-11(21)8-15(13)22;18-11-7-9(5-6-13(11)21)19-17-15(23)8-14(22)16(17)10-3-1-2-4-12(10)20(24)25;;;;/h2-8,10H,9H2,1H3;1-7,19,21H,8H2;4*1H4. The van der Waals surface area contributed by atoms with Gasteiger partial charge in [0.1, 0.15) is 5.75 Å². The molecule has 0 bridgehead atoms. The number of rotatable bonds is 6. The molecule has 0 spiro atoms. The number of nitrogens with zero attached hydrogens (tertiary/aromatic N) is 2. The number of halogens is 3. The molecule has 2 aliphatic carbocycles. The van der Waals surface area contributed by atoms with E-state index in [1.54, 1.807) is 24.3 Å². The first-order chi connectivity index (χ1) is 23.8. The van der Waals surface area contributed by atoms with Crippen molar-refractivity contribution in [3.05, 3.63) is 139 Å². The maximum absolute atomic E-state index is 12.6. The molecule has 2 N–H and O–H groups in total. The zero-order chi connectivity index (χ0) is 35.9. The monoisotopic (exact) mass is 791 g/mol. The highest BCUT2D eigenvalue weighted by molar-refractivity contribution is 6.53. The predicted octanol–water partition coefficient (Wildman–Crippen LogP) is 10.8. The zero-order valence-electron chi connectivity index (χ0n) is 26.0. The van der Waals surface area contributed by atoms with Crippen LogP contribution >= 0.6 is 34.8 Å². The minimum absolute atomic E-state index is 0. The first-order valence-corrected chi connectivity index (χ1v) is 16.1. The largest absolute Gasteiger partial charge is 0.506 e. The van der Waals surface area contributed by atoms with Gasteiger partial charge in [-0.15, -0.1) is 0 Å². The van der Waals surface area contributed by atoms with Gasteiger partial charge in [-0.25, -0.2) is 0 Å². The summed E-state index contributed by atoms with van der Waals surface area (Å²) in [5.74, 6) is -1.48. The number of nitro groups is 1. The van der Waals surface area contributed by atoms with Crippen LogP contribution in [0.2, 0.25) is 15.1 Å². The number of carbonyl (C=O) groups is 4. The van der Waals surface area contributed by atoms with Crippen LogP contribution in [-0.4, -0.2) is 37.7 Å². The van der Waals surface area contributed by atoms with E-state index >= 15 is 0 Å². The van der Waals surface area contributed by atoms with Crippen LogP contribution in [0.4, 0.5) is 11.4 Å². The number of phenols is 1.